The number of ether oxygens (including phenoxy) is 1. The Morgan fingerprint density at radius 3 is 2.65 bits per heavy atom. The Kier molecular flexibility index (Phi) is 6.09. The highest BCUT2D eigenvalue weighted by Crippen LogP contribution is 2.47. The zero-order valence-electron chi connectivity index (χ0n) is 14.6. The van der Waals surface area contributed by atoms with Gasteiger partial charge in [-0.05, 0) is 26.2 Å². The van der Waals surface area contributed by atoms with E-state index >= 15 is 0 Å². The van der Waals surface area contributed by atoms with Gasteiger partial charge in [0.05, 0.1) is 23.9 Å². The predicted octanol–water partition coefficient (Wildman–Crippen LogP) is 0.407. The molecule has 1 saturated heterocycles. The number of nitrogens with two attached hydrogens (primary N) is 1. The minimum Gasteiger partial charge on any atom is -0.477 e. The van der Waals surface area contributed by atoms with Crippen LogP contribution < -0.4 is 5.73 Å². The first-order valence-corrected chi connectivity index (χ1v) is 8.82. The number of hydrogen-bond donors (Lipinski definition) is 3. The lowest BCUT2D eigenvalue weighted by Gasteiger charge is -2.44. The number of rotatable bonds is 7. The summed E-state index contributed by atoms with van der Waals surface area (Å²) >= 11 is 1.03. The molecule has 0 spiro atoms. The zero-order chi connectivity index (χ0) is 19.6. The van der Waals surface area contributed by atoms with Crippen molar-refractivity contribution < 1.29 is 29.3 Å². The van der Waals surface area contributed by atoms with Crippen LogP contribution in [0.3, 0.4) is 0 Å². The SMILES string of the molecule is CC(N)=NC(C)OC(=O)/C=C\SC1=C(C(=O)O)N2C(=O)[C@@H]([C@H](C)O)[C@H]2C1. The highest BCUT2D eigenvalue weighted by molar-refractivity contribution is 8.05. The summed E-state index contributed by atoms with van der Waals surface area (Å²) in [4.78, 5) is 40.8. The number of aliphatic hydroxyl groups excluding tert-OH is 1. The van der Waals surface area contributed by atoms with Crippen LogP contribution in [0, 0.1) is 5.92 Å². The third-order valence-corrected chi connectivity index (χ3v) is 4.89. The van der Waals surface area contributed by atoms with Crippen molar-refractivity contribution in [3.8, 4) is 0 Å². The van der Waals surface area contributed by atoms with Crippen LogP contribution in [-0.2, 0) is 19.1 Å². The topological polar surface area (TPSA) is 143 Å². The first-order valence-electron chi connectivity index (χ1n) is 7.94. The van der Waals surface area contributed by atoms with Gasteiger partial charge >= 0.3 is 11.9 Å². The van der Waals surface area contributed by atoms with Crippen molar-refractivity contribution in [3.63, 3.8) is 0 Å². The van der Waals surface area contributed by atoms with Gasteiger partial charge in [0.1, 0.15) is 5.70 Å². The van der Waals surface area contributed by atoms with E-state index in [-0.39, 0.29) is 17.6 Å². The first kappa shape index (κ1) is 20.0. The smallest absolute Gasteiger partial charge is 0.353 e. The van der Waals surface area contributed by atoms with Crippen LogP contribution in [0.1, 0.15) is 27.2 Å². The molecule has 0 aromatic rings. The lowest BCUT2D eigenvalue weighted by Crippen LogP contribution is -2.61. The summed E-state index contributed by atoms with van der Waals surface area (Å²) in [6, 6.07) is -0.363. The number of nitrogens with zero attached hydrogens (tertiary/aromatic N) is 2. The molecule has 0 aromatic carbocycles. The Hall–Kier alpha value is -2.33. The molecule has 0 aromatic heterocycles. The maximum Gasteiger partial charge on any atom is 0.353 e. The number of aliphatic hydroxyl groups is 1. The number of esters is 1. The van der Waals surface area contributed by atoms with E-state index < -0.39 is 36.1 Å². The number of amidine groups is 1. The Morgan fingerprint density at radius 1 is 1.46 bits per heavy atom. The third-order valence-electron chi connectivity index (χ3n) is 3.98. The maximum absolute atomic E-state index is 12.1. The van der Waals surface area contributed by atoms with Crippen LogP contribution in [0.2, 0.25) is 0 Å². The Morgan fingerprint density at radius 2 is 2.12 bits per heavy atom. The van der Waals surface area contributed by atoms with Gasteiger partial charge in [-0.25, -0.2) is 14.6 Å². The van der Waals surface area contributed by atoms with Crippen molar-refractivity contribution in [1.82, 2.24) is 4.90 Å². The van der Waals surface area contributed by atoms with Gasteiger partial charge in [-0.3, -0.25) is 4.79 Å². The molecule has 4 N–H and O–H groups in total. The van der Waals surface area contributed by atoms with Gasteiger partial charge in [0.25, 0.3) is 0 Å². The normalized spacial score (nSPS) is 25.2. The number of hydrogen-bond acceptors (Lipinski definition) is 7. The fourth-order valence-corrected chi connectivity index (χ4v) is 3.94. The summed E-state index contributed by atoms with van der Waals surface area (Å²) in [5.41, 5.74) is 5.30. The number of β-lactam (4-membered cyclic amide) rings is 1. The molecule has 10 heteroatoms. The van der Waals surface area contributed by atoms with Gasteiger partial charge < -0.3 is 25.6 Å². The first-order chi connectivity index (χ1) is 12.1. The number of carbonyl (C=O) groups excluding carboxylic acids is 2. The van der Waals surface area contributed by atoms with E-state index in [9.17, 15) is 24.6 Å². The van der Waals surface area contributed by atoms with Crippen molar-refractivity contribution in [2.45, 2.75) is 45.6 Å². The average molecular weight is 383 g/mol. The van der Waals surface area contributed by atoms with Crippen LogP contribution >= 0.6 is 11.8 Å². The van der Waals surface area contributed by atoms with Crippen molar-refractivity contribution in [2.24, 2.45) is 16.6 Å². The molecule has 1 fully saturated rings. The molecule has 2 aliphatic rings. The minimum atomic E-state index is -1.22. The lowest BCUT2D eigenvalue weighted by molar-refractivity contribution is -0.161. The zero-order valence-corrected chi connectivity index (χ0v) is 15.4. The van der Waals surface area contributed by atoms with E-state index in [1.807, 2.05) is 0 Å². The Bertz CT molecular complexity index is 711. The van der Waals surface area contributed by atoms with Gasteiger partial charge in [-0.2, -0.15) is 0 Å². The molecule has 4 atom stereocenters. The molecule has 2 aliphatic heterocycles. The largest absolute Gasteiger partial charge is 0.477 e. The average Bonchev–Trinajstić information content (AvgIpc) is 2.80. The molecule has 0 radical (unpaired) electrons. The summed E-state index contributed by atoms with van der Waals surface area (Å²) in [5, 5.41) is 20.5. The highest BCUT2D eigenvalue weighted by Gasteiger charge is 2.56. The number of thioether (sulfide) groups is 1. The summed E-state index contributed by atoms with van der Waals surface area (Å²) in [5.74, 6) is -2.58. The Balaban J connectivity index is 2.02. The summed E-state index contributed by atoms with van der Waals surface area (Å²) < 4.78 is 4.98. The van der Waals surface area contributed by atoms with Crippen molar-refractivity contribution >= 4 is 35.4 Å². The van der Waals surface area contributed by atoms with E-state index in [4.69, 9.17) is 10.5 Å². The molecule has 2 heterocycles. The Labute approximate surface area is 154 Å². The standard InChI is InChI=1S/C16H21N3O6S/c1-7(20)13-10-6-11(14(16(23)24)19(10)15(13)22)26-5-4-12(21)25-9(3)18-8(2)17/h4-5,7,9-10,13,20H,6H2,1-3H3,(H2,17,18)(H,23,24)/b5-4-/t7-,9?,10+,13-/m0/s1. The van der Waals surface area contributed by atoms with Gasteiger partial charge in [-0.15, -0.1) is 0 Å². The van der Waals surface area contributed by atoms with E-state index in [0.717, 1.165) is 17.8 Å². The summed E-state index contributed by atoms with van der Waals surface area (Å²) in [6.07, 6.45) is -0.103. The van der Waals surface area contributed by atoms with E-state index in [1.165, 1.54) is 17.2 Å². The van der Waals surface area contributed by atoms with Crippen LogP contribution in [-0.4, -0.2) is 57.2 Å². The third kappa shape index (κ3) is 4.07. The molecule has 0 bridgehead atoms. The molecular formula is C16H21N3O6S. The second-order valence-electron chi connectivity index (χ2n) is 6.05. The van der Waals surface area contributed by atoms with Gasteiger partial charge in [0.2, 0.25) is 5.91 Å². The number of amides is 1. The van der Waals surface area contributed by atoms with Gasteiger partial charge in [0, 0.05) is 17.4 Å². The minimum absolute atomic E-state index is 0.100. The molecule has 0 saturated carbocycles. The monoisotopic (exact) mass is 383 g/mol. The quantitative estimate of drug-likeness (QED) is 0.189. The summed E-state index contributed by atoms with van der Waals surface area (Å²) in [6.45, 7) is 4.64. The number of aliphatic imine (C=N–C) groups is 1. The number of fused-ring (bicyclic) bond motifs is 1. The van der Waals surface area contributed by atoms with E-state index in [2.05, 4.69) is 4.99 Å². The fourth-order valence-electron chi connectivity index (χ4n) is 3.03. The van der Waals surface area contributed by atoms with Crippen LogP contribution in [0.15, 0.2) is 27.1 Å². The second kappa shape index (κ2) is 7.92. The van der Waals surface area contributed by atoms with E-state index in [0.29, 0.717) is 11.3 Å². The summed E-state index contributed by atoms with van der Waals surface area (Å²) in [7, 11) is 0. The van der Waals surface area contributed by atoms with Crippen molar-refractivity contribution in [2.75, 3.05) is 0 Å². The molecule has 26 heavy (non-hydrogen) atoms. The van der Waals surface area contributed by atoms with Crippen molar-refractivity contribution in [3.05, 3.63) is 22.1 Å². The highest BCUT2D eigenvalue weighted by atomic mass is 32.2. The predicted molar refractivity (Wildman–Crippen MR) is 94.7 cm³/mol. The number of aliphatic carboxylic acids is 1. The lowest BCUT2D eigenvalue weighted by atomic mass is 9.83. The number of carbonyl (C=O) groups is 3. The number of carboxylic acids is 1. The van der Waals surface area contributed by atoms with Crippen LogP contribution in [0.25, 0.3) is 0 Å². The molecular weight excluding hydrogens is 362 g/mol. The molecule has 142 valence electrons. The molecule has 1 unspecified atom stereocenters. The molecule has 1 amide bonds. The fraction of sp³-hybridized carbons (Fsp3) is 0.500. The molecule has 2 rings (SSSR count). The van der Waals surface area contributed by atoms with E-state index in [1.54, 1.807) is 13.8 Å². The van der Waals surface area contributed by atoms with Crippen LogP contribution in [0.5, 0.6) is 0 Å². The molecule has 0 aliphatic carbocycles. The molecule has 9 nitrogen and oxygen atoms in total. The van der Waals surface area contributed by atoms with Crippen molar-refractivity contribution in [1.29, 1.82) is 0 Å². The second-order valence-corrected chi connectivity index (χ2v) is 7.05. The number of carboxylic acid groups (broad SMARTS) is 1. The van der Waals surface area contributed by atoms with Gasteiger partial charge in [0.15, 0.2) is 6.23 Å². The maximum atomic E-state index is 12.1. The van der Waals surface area contributed by atoms with Gasteiger partial charge in [-0.1, -0.05) is 11.8 Å². The van der Waals surface area contributed by atoms with Crippen LogP contribution in [0.4, 0.5) is 0 Å².